The monoisotopic (exact) mass is 469 g/mol. The highest BCUT2D eigenvalue weighted by Gasteiger charge is 2.43. The van der Waals surface area contributed by atoms with E-state index in [1.165, 1.54) is 0 Å². The van der Waals surface area contributed by atoms with Crippen molar-refractivity contribution in [1.29, 1.82) is 0 Å². The van der Waals surface area contributed by atoms with Crippen molar-refractivity contribution < 1.29 is 9.53 Å². The van der Waals surface area contributed by atoms with Crippen LogP contribution in [0, 0.1) is 5.41 Å². The Morgan fingerprint density at radius 3 is 2.39 bits per heavy atom. The fraction of sp³-hybridized carbons (Fsp3) is 0.560. The third-order valence-electron chi connectivity index (χ3n) is 7.03. The van der Waals surface area contributed by atoms with E-state index in [-0.39, 0.29) is 16.7 Å². The maximum absolute atomic E-state index is 13.3. The molecule has 0 unspecified atom stereocenters. The van der Waals surface area contributed by atoms with Crippen LogP contribution in [0.1, 0.15) is 56.2 Å². The lowest BCUT2D eigenvalue weighted by atomic mass is 9.78. The van der Waals surface area contributed by atoms with Crippen LogP contribution in [0.15, 0.2) is 30.3 Å². The Hall–Kier alpha value is -2.61. The molecule has 2 aliphatic rings. The van der Waals surface area contributed by atoms with Gasteiger partial charge in [-0.3, -0.25) is 9.48 Å². The Balaban J connectivity index is 1.34. The molecular weight excluding hydrogens is 434 g/mol. The van der Waals surface area contributed by atoms with E-state index in [0.717, 1.165) is 67.7 Å². The summed E-state index contributed by atoms with van der Waals surface area (Å²) in [5.74, 6) is 0.897. The summed E-state index contributed by atoms with van der Waals surface area (Å²) in [5, 5.41) is 8.67. The van der Waals surface area contributed by atoms with Crippen molar-refractivity contribution in [2.75, 3.05) is 38.6 Å². The Labute approximate surface area is 202 Å². The topological polar surface area (TPSA) is 62.6 Å². The number of benzene rings is 1. The molecule has 3 heterocycles. The molecule has 0 atom stereocenters. The zero-order chi connectivity index (χ0) is 23.8. The van der Waals surface area contributed by atoms with E-state index in [2.05, 4.69) is 36.1 Å². The fourth-order valence-electron chi connectivity index (χ4n) is 4.80. The first kappa shape index (κ1) is 23.5. The van der Waals surface area contributed by atoms with Gasteiger partial charge in [-0.1, -0.05) is 26.8 Å². The second-order valence-corrected chi connectivity index (χ2v) is 10.8. The number of ether oxygens (including phenoxy) is 1. The number of likely N-dealkylation sites (tertiary alicyclic amines) is 2. The average Bonchev–Trinajstić information content (AvgIpc) is 3.38. The second-order valence-electron chi connectivity index (χ2n) is 10.4. The molecule has 0 radical (unpaired) electrons. The summed E-state index contributed by atoms with van der Waals surface area (Å²) in [6.45, 7) is 9.78. The van der Waals surface area contributed by atoms with Crippen LogP contribution in [0.3, 0.4) is 0 Å². The van der Waals surface area contributed by atoms with Crippen molar-refractivity contribution in [2.45, 2.75) is 45.4 Å². The number of hydrogen-bond donors (Lipinski definition) is 1. The highest BCUT2D eigenvalue weighted by atomic mass is 32.1. The minimum absolute atomic E-state index is 0.0767. The van der Waals surface area contributed by atoms with Gasteiger partial charge in [0.2, 0.25) is 0 Å². The number of carbonyl (C=O) groups excluding carboxylic acids is 1. The summed E-state index contributed by atoms with van der Waals surface area (Å²) in [4.78, 5) is 17.5. The van der Waals surface area contributed by atoms with Crippen LogP contribution in [-0.4, -0.2) is 63.9 Å². The Bertz CT molecular complexity index is 1030. The largest absolute Gasteiger partial charge is 0.497 e. The number of anilines is 1. The van der Waals surface area contributed by atoms with Crippen molar-refractivity contribution in [3.8, 4) is 5.75 Å². The van der Waals surface area contributed by atoms with E-state index in [9.17, 15) is 4.79 Å². The molecule has 1 spiro atoms. The van der Waals surface area contributed by atoms with Crippen molar-refractivity contribution in [3.05, 3.63) is 41.7 Å². The SMILES string of the molecule is COc1cccc(NC(=S)N2CCC3(CCN(C(=O)c4cc(C(C)(C)C)nn4C)C3)CC2)c1. The highest BCUT2D eigenvalue weighted by Crippen LogP contribution is 2.41. The van der Waals surface area contributed by atoms with Crippen molar-refractivity contribution in [3.63, 3.8) is 0 Å². The molecule has 2 saturated heterocycles. The molecule has 1 aromatic carbocycles. The molecule has 2 aromatic rings. The van der Waals surface area contributed by atoms with E-state index in [4.69, 9.17) is 17.0 Å². The molecule has 1 amide bonds. The summed E-state index contributed by atoms with van der Waals surface area (Å²) in [6.07, 6.45) is 3.12. The number of nitrogens with zero attached hydrogens (tertiary/aromatic N) is 4. The number of rotatable bonds is 3. The smallest absolute Gasteiger partial charge is 0.272 e. The number of piperidine rings is 1. The van der Waals surface area contributed by atoms with Crippen LogP contribution >= 0.6 is 12.2 Å². The Morgan fingerprint density at radius 1 is 1.12 bits per heavy atom. The Kier molecular flexibility index (Phi) is 6.40. The van der Waals surface area contributed by atoms with Crippen LogP contribution in [0.5, 0.6) is 5.75 Å². The summed E-state index contributed by atoms with van der Waals surface area (Å²) >= 11 is 5.67. The van der Waals surface area contributed by atoms with E-state index < -0.39 is 0 Å². The van der Waals surface area contributed by atoms with Crippen LogP contribution < -0.4 is 10.1 Å². The van der Waals surface area contributed by atoms with E-state index >= 15 is 0 Å². The van der Waals surface area contributed by atoms with Crippen molar-refractivity contribution in [1.82, 2.24) is 19.6 Å². The summed E-state index contributed by atoms with van der Waals surface area (Å²) in [7, 11) is 3.53. The first-order valence-corrected chi connectivity index (χ1v) is 12.0. The van der Waals surface area contributed by atoms with Gasteiger partial charge in [0.1, 0.15) is 11.4 Å². The number of hydrogen-bond acceptors (Lipinski definition) is 4. The van der Waals surface area contributed by atoms with Gasteiger partial charge in [0.05, 0.1) is 12.8 Å². The highest BCUT2D eigenvalue weighted by molar-refractivity contribution is 7.80. The van der Waals surface area contributed by atoms with Crippen molar-refractivity contribution in [2.24, 2.45) is 12.5 Å². The van der Waals surface area contributed by atoms with Crippen LogP contribution in [0.2, 0.25) is 0 Å². The van der Waals surface area contributed by atoms with E-state index in [0.29, 0.717) is 5.69 Å². The first-order chi connectivity index (χ1) is 15.6. The average molecular weight is 470 g/mol. The Morgan fingerprint density at radius 2 is 1.79 bits per heavy atom. The molecule has 4 rings (SSSR count). The standard InChI is InChI=1S/C25H35N5O2S/c1-24(2,3)21-16-20(28(4)27-21)22(31)30-14-11-25(17-30)9-12-29(13-10-25)23(33)26-18-7-6-8-19(15-18)32-5/h6-8,15-16H,9-14,17H2,1-5H3,(H,26,33). The zero-order valence-electron chi connectivity index (χ0n) is 20.4. The van der Waals surface area contributed by atoms with Gasteiger partial charge in [0, 0.05) is 50.4 Å². The lowest BCUT2D eigenvalue weighted by Crippen LogP contribution is -2.46. The van der Waals surface area contributed by atoms with Crippen LogP contribution in [0.4, 0.5) is 5.69 Å². The fourth-order valence-corrected chi connectivity index (χ4v) is 5.10. The molecule has 8 heteroatoms. The molecule has 0 saturated carbocycles. The van der Waals surface area contributed by atoms with Gasteiger partial charge in [0.25, 0.3) is 5.91 Å². The number of aromatic nitrogens is 2. The normalized spacial score (nSPS) is 18.0. The quantitative estimate of drug-likeness (QED) is 0.685. The molecule has 7 nitrogen and oxygen atoms in total. The summed E-state index contributed by atoms with van der Waals surface area (Å²) in [5.41, 5.74) is 2.67. The number of aryl methyl sites for hydroxylation is 1. The van der Waals surface area contributed by atoms with Crippen molar-refractivity contribution >= 4 is 28.9 Å². The molecule has 0 bridgehead atoms. The lowest BCUT2D eigenvalue weighted by molar-refractivity contribution is 0.0738. The van der Waals surface area contributed by atoms with Gasteiger partial charge in [0.15, 0.2) is 5.11 Å². The molecular formula is C25H35N5O2S. The third kappa shape index (κ3) is 5.00. The number of nitrogens with one attached hydrogen (secondary N) is 1. The predicted octanol–water partition coefficient (Wildman–Crippen LogP) is 4.05. The number of carbonyl (C=O) groups is 1. The predicted molar refractivity (Wildman–Crippen MR) is 135 cm³/mol. The molecule has 0 aliphatic carbocycles. The number of methoxy groups -OCH3 is 1. The maximum Gasteiger partial charge on any atom is 0.272 e. The van der Waals surface area contributed by atoms with E-state index in [1.54, 1.807) is 11.8 Å². The summed E-state index contributed by atoms with van der Waals surface area (Å²) < 4.78 is 7.03. The minimum Gasteiger partial charge on any atom is -0.497 e. The molecule has 178 valence electrons. The number of amides is 1. The molecule has 1 aromatic heterocycles. The van der Waals surface area contributed by atoms with E-state index in [1.807, 2.05) is 42.3 Å². The minimum atomic E-state index is -0.0767. The third-order valence-corrected chi connectivity index (χ3v) is 7.39. The van der Waals surface area contributed by atoms with Gasteiger partial charge < -0.3 is 19.9 Å². The second kappa shape index (κ2) is 8.97. The molecule has 2 fully saturated rings. The van der Waals surface area contributed by atoms with Gasteiger partial charge in [-0.05, 0) is 55.1 Å². The summed E-state index contributed by atoms with van der Waals surface area (Å²) in [6, 6.07) is 9.76. The van der Waals surface area contributed by atoms with Crippen LogP contribution in [-0.2, 0) is 12.5 Å². The van der Waals surface area contributed by atoms with Gasteiger partial charge in [-0.2, -0.15) is 5.10 Å². The maximum atomic E-state index is 13.3. The van der Waals surface area contributed by atoms with Crippen LogP contribution in [0.25, 0.3) is 0 Å². The van der Waals surface area contributed by atoms with Gasteiger partial charge >= 0.3 is 0 Å². The molecule has 33 heavy (non-hydrogen) atoms. The molecule has 1 N–H and O–H groups in total. The van der Waals surface area contributed by atoms with Gasteiger partial charge in [-0.15, -0.1) is 0 Å². The first-order valence-electron chi connectivity index (χ1n) is 11.6. The molecule has 2 aliphatic heterocycles. The zero-order valence-corrected chi connectivity index (χ0v) is 21.2. The number of thiocarbonyl (C=S) groups is 1. The lowest BCUT2D eigenvalue weighted by Gasteiger charge is -2.40. The van der Waals surface area contributed by atoms with Gasteiger partial charge in [-0.25, -0.2) is 0 Å².